The summed E-state index contributed by atoms with van der Waals surface area (Å²) < 4.78 is 40.2. The summed E-state index contributed by atoms with van der Waals surface area (Å²) in [5.74, 6) is 0.509. The van der Waals surface area contributed by atoms with Crippen molar-refractivity contribution in [1.29, 1.82) is 0 Å². The molecule has 0 aliphatic heterocycles. The van der Waals surface area contributed by atoms with Gasteiger partial charge in [-0.2, -0.15) is 0 Å². The highest BCUT2D eigenvalue weighted by atomic mass is 32.2. The Morgan fingerprint density at radius 2 is 1.59 bits per heavy atom. The van der Waals surface area contributed by atoms with Crippen LogP contribution in [-0.2, 0) is 20.2 Å². The summed E-state index contributed by atoms with van der Waals surface area (Å²) in [4.78, 5) is 13.9. The summed E-state index contributed by atoms with van der Waals surface area (Å²) in [5, 5.41) is 0. The number of hydrazine groups is 1. The number of amides is 1. The van der Waals surface area contributed by atoms with Gasteiger partial charge in [-0.15, -0.1) is 4.83 Å². The van der Waals surface area contributed by atoms with Crippen molar-refractivity contribution in [3.05, 3.63) is 48.0 Å². The van der Waals surface area contributed by atoms with Crippen molar-refractivity contribution in [3.8, 4) is 17.2 Å². The third-order valence-electron chi connectivity index (χ3n) is 4.08. The molecule has 0 aliphatic carbocycles. The molecular formula is C20H26N2O6S. The first-order chi connectivity index (χ1) is 13.6. The molecule has 158 valence electrons. The van der Waals surface area contributed by atoms with Crippen LogP contribution in [0.25, 0.3) is 0 Å². The SMILES string of the molecule is COc1ccc(S(=O)(=O)NNC(=O)COc2ccc(C(C)(C)C)cc2)cc1OC. The Morgan fingerprint density at radius 1 is 0.966 bits per heavy atom. The first-order valence-electron chi connectivity index (χ1n) is 8.83. The lowest BCUT2D eigenvalue weighted by Crippen LogP contribution is -2.43. The first kappa shape index (κ1) is 22.5. The van der Waals surface area contributed by atoms with Crippen LogP contribution in [0.1, 0.15) is 26.3 Å². The predicted molar refractivity (Wildman–Crippen MR) is 109 cm³/mol. The van der Waals surface area contributed by atoms with Crippen LogP contribution in [0.2, 0.25) is 0 Å². The average Bonchev–Trinajstić information content (AvgIpc) is 2.69. The van der Waals surface area contributed by atoms with Crippen molar-refractivity contribution in [3.63, 3.8) is 0 Å². The van der Waals surface area contributed by atoms with Crippen LogP contribution < -0.4 is 24.5 Å². The molecule has 8 nitrogen and oxygen atoms in total. The smallest absolute Gasteiger partial charge is 0.272 e. The van der Waals surface area contributed by atoms with Gasteiger partial charge in [0.15, 0.2) is 18.1 Å². The van der Waals surface area contributed by atoms with E-state index in [9.17, 15) is 13.2 Å². The van der Waals surface area contributed by atoms with E-state index >= 15 is 0 Å². The van der Waals surface area contributed by atoms with Crippen LogP contribution in [0.4, 0.5) is 0 Å². The molecule has 9 heteroatoms. The van der Waals surface area contributed by atoms with Crippen molar-refractivity contribution in [1.82, 2.24) is 10.3 Å². The molecule has 0 bridgehead atoms. The van der Waals surface area contributed by atoms with E-state index in [4.69, 9.17) is 14.2 Å². The van der Waals surface area contributed by atoms with Gasteiger partial charge >= 0.3 is 0 Å². The monoisotopic (exact) mass is 422 g/mol. The van der Waals surface area contributed by atoms with Crippen LogP contribution in [-0.4, -0.2) is 35.2 Å². The van der Waals surface area contributed by atoms with Gasteiger partial charge in [-0.05, 0) is 35.2 Å². The highest BCUT2D eigenvalue weighted by Gasteiger charge is 2.18. The minimum Gasteiger partial charge on any atom is -0.493 e. The fraction of sp³-hybridized carbons (Fsp3) is 0.350. The molecular weight excluding hydrogens is 396 g/mol. The van der Waals surface area contributed by atoms with Gasteiger partial charge in [-0.25, -0.2) is 8.42 Å². The van der Waals surface area contributed by atoms with Gasteiger partial charge in [-0.1, -0.05) is 32.9 Å². The average molecular weight is 423 g/mol. The fourth-order valence-electron chi connectivity index (χ4n) is 2.40. The predicted octanol–water partition coefficient (Wildman–Crippen LogP) is 2.39. The van der Waals surface area contributed by atoms with Crippen molar-refractivity contribution >= 4 is 15.9 Å². The zero-order valence-electron chi connectivity index (χ0n) is 17.1. The minimum absolute atomic E-state index is 0.0122. The summed E-state index contributed by atoms with van der Waals surface area (Å²) in [6, 6.07) is 11.5. The van der Waals surface area contributed by atoms with Gasteiger partial charge in [0.2, 0.25) is 0 Å². The summed E-state index contributed by atoms with van der Waals surface area (Å²) in [6.07, 6.45) is 0. The molecule has 0 heterocycles. The maximum absolute atomic E-state index is 12.3. The zero-order valence-corrected chi connectivity index (χ0v) is 17.9. The fourth-order valence-corrected chi connectivity index (χ4v) is 3.28. The number of nitrogens with one attached hydrogen (secondary N) is 2. The number of sulfonamides is 1. The topological polar surface area (TPSA) is 103 Å². The normalized spacial score (nSPS) is 11.6. The summed E-state index contributed by atoms with van der Waals surface area (Å²) in [7, 11) is -1.15. The standard InChI is InChI=1S/C20H26N2O6S/c1-20(2,3)14-6-8-15(9-7-14)28-13-19(23)21-22-29(24,25)16-10-11-17(26-4)18(12-16)27-5/h6-12,22H,13H2,1-5H3,(H,21,23). The highest BCUT2D eigenvalue weighted by molar-refractivity contribution is 7.89. The lowest BCUT2D eigenvalue weighted by molar-refractivity contribution is -0.123. The largest absolute Gasteiger partial charge is 0.493 e. The Labute approximate surface area is 171 Å². The molecule has 0 saturated carbocycles. The molecule has 0 aliphatic rings. The van der Waals surface area contributed by atoms with E-state index in [0.717, 1.165) is 5.56 Å². The van der Waals surface area contributed by atoms with Crippen LogP contribution >= 0.6 is 0 Å². The van der Waals surface area contributed by atoms with E-state index in [1.54, 1.807) is 12.1 Å². The van der Waals surface area contributed by atoms with Crippen LogP contribution in [0.15, 0.2) is 47.4 Å². The van der Waals surface area contributed by atoms with Crippen LogP contribution in [0.3, 0.4) is 0 Å². The van der Waals surface area contributed by atoms with E-state index in [1.165, 1.54) is 32.4 Å². The number of rotatable bonds is 8. The van der Waals surface area contributed by atoms with E-state index in [1.807, 2.05) is 17.0 Å². The number of methoxy groups -OCH3 is 2. The number of hydrogen-bond donors (Lipinski definition) is 2. The molecule has 0 atom stereocenters. The number of carbonyl (C=O) groups excluding carboxylic acids is 1. The quantitative estimate of drug-likeness (QED) is 0.633. The Kier molecular flexibility index (Phi) is 7.10. The summed E-state index contributed by atoms with van der Waals surface area (Å²) in [5.41, 5.74) is 3.27. The number of carbonyl (C=O) groups is 1. The lowest BCUT2D eigenvalue weighted by Gasteiger charge is -2.19. The molecule has 0 saturated heterocycles. The molecule has 2 rings (SSSR count). The van der Waals surface area contributed by atoms with Gasteiger partial charge in [0.25, 0.3) is 15.9 Å². The maximum Gasteiger partial charge on any atom is 0.272 e. The van der Waals surface area contributed by atoms with Crippen LogP contribution in [0.5, 0.6) is 17.2 Å². The second-order valence-corrected chi connectivity index (χ2v) is 8.92. The van der Waals surface area contributed by atoms with Crippen molar-refractivity contribution in [2.45, 2.75) is 31.1 Å². The van der Waals surface area contributed by atoms with Crippen molar-refractivity contribution in [2.75, 3.05) is 20.8 Å². The van der Waals surface area contributed by atoms with Gasteiger partial charge in [0, 0.05) is 6.07 Å². The lowest BCUT2D eigenvalue weighted by atomic mass is 9.87. The van der Waals surface area contributed by atoms with Gasteiger partial charge in [-0.3, -0.25) is 10.2 Å². The molecule has 2 aromatic carbocycles. The van der Waals surface area contributed by atoms with E-state index in [-0.39, 0.29) is 22.7 Å². The van der Waals surface area contributed by atoms with Gasteiger partial charge < -0.3 is 14.2 Å². The Balaban J connectivity index is 1.93. The maximum atomic E-state index is 12.3. The molecule has 0 unspecified atom stereocenters. The Bertz CT molecular complexity index is 950. The number of hydrogen-bond acceptors (Lipinski definition) is 6. The zero-order chi connectivity index (χ0) is 21.7. The molecule has 2 aromatic rings. The number of benzene rings is 2. The second kappa shape index (κ2) is 9.15. The van der Waals surface area contributed by atoms with Crippen molar-refractivity contribution in [2.24, 2.45) is 0 Å². The van der Waals surface area contributed by atoms with Gasteiger partial charge in [0.05, 0.1) is 19.1 Å². The van der Waals surface area contributed by atoms with Crippen LogP contribution in [0, 0.1) is 0 Å². The Hall–Kier alpha value is -2.78. The second-order valence-electron chi connectivity index (χ2n) is 7.23. The first-order valence-corrected chi connectivity index (χ1v) is 10.3. The minimum atomic E-state index is -3.99. The molecule has 1 amide bonds. The molecule has 0 fully saturated rings. The molecule has 29 heavy (non-hydrogen) atoms. The van der Waals surface area contributed by atoms with Gasteiger partial charge in [0.1, 0.15) is 5.75 Å². The molecule has 0 spiro atoms. The van der Waals surface area contributed by atoms with Crippen molar-refractivity contribution < 1.29 is 27.4 Å². The molecule has 0 aromatic heterocycles. The molecule has 2 N–H and O–H groups in total. The Morgan fingerprint density at radius 3 is 2.14 bits per heavy atom. The molecule has 0 radical (unpaired) electrons. The third kappa shape index (κ3) is 6.10. The summed E-state index contributed by atoms with van der Waals surface area (Å²) >= 11 is 0. The summed E-state index contributed by atoms with van der Waals surface area (Å²) in [6.45, 7) is 5.95. The van der Waals surface area contributed by atoms with E-state index < -0.39 is 15.9 Å². The number of ether oxygens (including phenoxy) is 3. The highest BCUT2D eigenvalue weighted by Crippen LogP contribution is 2.29. The van der Waals surface area contributed by atoms with E-state index in [2.05, 4.69) is 26.2 Å². The van der Waals surface area contributed by atoms with E-state index in [0.29, 0.717) is 11.5 Å². The third-order valence-corrected chi connectivity index (χ3v) is 5.33.